The first-order valence-electron chi connectivity index (χ1n) is 4.19. The maximum atomic E-state index is 11.1. The van der Waals surface area contributed by atoms with Gasteiger partial charge in [-0.3, -0.25) is 4.79 Å². The maximum Gasteiger partial charge on any atom is 0.240 e. The highest BCUT2D eigenvalue weighted by atomic mass is 32.1. The molecule has 1 aromatic rings. The SMILES string of the molecule is CCC(C(N)=O)n1ccnc1C(N)=S. The van der Waals surface area contributed by atoms with Crippen LogP contribution in [0.15, 0.2) is 12.4 Å². The molecule has 0 aliphatic rings. The molecule has 5 nitrogen and oxygen atoms in total. The van der Waals surface area contributed by atoms with Gasteiger partial charge in [-0.1, -0.05) is 19.1 Å². The zero-order chi connectivity index (χ0) is 10.7. The molecule has 0 saturated carbocycles. The van der Waals surface area contributed by atoms with E-state index in [1.807, 2.05) is 6.92 Å². The lowest BCUT2D eigenvalue weighted by atomic mass is 10.2. The smallest absolute Gasteiger partial charge is 0.240 e. The molecule has 0 spiro atoms. The Bertz CT molecular complexity index is 360. The molecular weight excluding hydrogens is 200 g/mol. The number of amides is 1. The Balaban J connectivity index is 3.10. The average Bonchev–Trinajstić information content (AvgIpc) is 2.53. The molecule has 76 valence electrons. The lowest BCUT2D eigenvalue weighted by Crippen LogP contribution is -2.29. The maximum absolute atomic E-state index is 11.1. The number of carbonyl (C=O) groups is 1. The monoisotopic (exact) mass is 212 g/mol. The molecule has 0 saturated heterocycles. The van der Waals surface area contributed by atoms with Crippen molar-refractivity contribution in [1.82, 2.24) is 9.55 Å². The molecule has 0 aliphatic heterocycles. The Hall–Kier alpha value is -1.43. The molecule has 14 heavy (non-hydrogen) atoms. The summed E-state index contributed by atoms with van der Waals surface area (Å²) < 4.78 is 1.60. The van der Waals surface area contributed by atoms with Crippen molar-refractivity contribution in [3.8, 4) is 0 Å². The van der Waals surface area contributed by atoms with Gasteiger partial charge in [-0.25, -0.2) is 4.98 Å². The molecule has 0 radical (unpaired) electrons. The van der Waals surface area contributed by atoms with Crippen LogP contribution < -0.4 is 11.5 Å². The fraction of sp³-hybridized carbons (Fsp3) is 0.375. The summed E-state index contributed by atoms with van der Waals surface area (Å²) in [7, 11) is 0. The minimum atomic E-state index is -0.436. The number of hydrogen-bond acceptors (Lipinski definition) is 3. The van der Waals surface area contributed by atoms with Crippen molar-refractivity contribution in [1.29, 1.82) is 0 Å². The quantitative estimate of drug-likeness (QED) is 0.685. The van der Waals surface area contributed by atoms with Crippen molar-refractivity contribution in [2.45, 2.75) is 19.4 Å². The average molecular weight is 212 g/mol. The van der Waals surface area contributed by atoms with E-state index in [4.69, 9.17) is 23.7 Å². The third-order valence-electron chi connectivity index (χ3n) is 1.94. The van der Waals surface area contributed by atoms with Crippen molar-refractivity contribution in [3.05, 3.63) is 18.2 Å². The second kappa shape index (κ2) is 4.19. The van der Waals surface area contributed by atoms with Crippen LogP contribution in [0.4, 0.5) is 0 Å². The van der Waals surface area contributed by atoms with Gasteiger partial charge < -0.3 is 16.0 Å². The van der Waals surface area contributed by atoms with Crippen LogP contribution in [0.3, 0.4) is 0 Å². The van der Waals surface area contributed by atoms with Gasteiger partial charge in [0.25, 0.3) is 0 Å². The van der Waals surface area contributed by atoms with Crippen molar-refractivity contribution < 1.29 is 4.79 Å². The summed E-state index contributed by atoms with van der Waals surface area (Å²) in [5, 5.41) is 0. The molecule has 0 aliphatic carbocycles. The molecule has 0 bridgehead atoms. The van der Waals surface area contributed by atoms with Crippen molar-refractivity contribution in [2.24, 2.45) is 11.5 Å². The minimum Gasteiger partial charge on any atom is -0.387 e. The van der Waals surface area contributed by atoms with Crippen LogP contribution in [0.1, 0.15) is 25.2 Å². The largest absolute Gasteiger partial charge is 0.387 e. The van der Waals surface area contributed by atoms with Crippen molar-refractivity contribution in [2.75, 3.05) is 0 Å². The highest BCUT2D eigenvalue weighted by Gasteiger charge is 2.18. The number of aromatic nitrogens is 2. The number of thiocarbonyl (C=S) groups is 1. The van der Waals surface area contributed by atoms with E-state index in [1.165, 1.54) is 0 Å². The Morgan fingerprint density at radius 2 is 2.36 bits per heavy atom. The fourth-order valence-corrected chi connectivity index (χ4v) is 1.45. The molecule has 1 heterocycles. The topological polar surface area (TPSA) is 86.9 Å². The third-order valence-corrected chi connectivity index (χ3v) is 2.12. The number of carbonyl (C=O) groups excluding carboxylic acids is 1. The van der Waals surface area contributed by atoms with Gasteiger partial charge in [0.2, 0.25) is 5.91 Å². The highest BCUT2D eigenvalue weighted by molar-refractivity contribution is 7.80. The fourth-order valence-electron chi connectivity index (χ4n) is 1.29. The lowest BCUT2D eigenvalue weighted by Gasteiger charge is -2.14. The van der Waals surface area contributed by atoms with Crippen LogP contribution in [-0.4, -0.2) is 20.4 Å². The Labute approximate surface area is 87.1 Å². The predicted octanol–water partition coefficient (Wildman–Crippen LogP) is -0.0463. The number of nitrogens with zero attached hydrogens (tertiary/aromatic N) is 2. The van der Waals surface area contributed by atoms with E-state index in [0.717, 1.165) is 0 Å². The van der Waals surface area contributed by atoms with Gasteiger partial charge >= 0.3 is 0 Å². The van der Waals surface area contributed by atoms with E-state index >= 15 is 0 Å². The Morgan fingerprint density at radius 1 is 1.71 bits per heavy atom. The van der Waals surface area contributed by atoms with Crippen LogP contribution in [0, 0.1) is 0 Å². The first-order valence-corrected chi connectivity index (χ1v) is 4.60. The van der Waals surface area contributed by atoms with E-state index in [-0.39, 0.29) is 4.99 Å². The van der Waals surface area contributed by atoms with E-state index in [1.54, 1.807) is 17.0 Å². The second-order valence-corrected chi connectivity index (χ2v) is 3.29. The van der Waals surface area contributed by atoms with Crippen LogP contribution in [0.25, 0.3) is 0 Å². The van der Waals surface area contributed by atoms with Gasteiger partial charge in [0.1, 0.15) is 11.0 Å². The Kier molecular flexibility index (Phi) is 3.19. The van der Waals surface area contributed by atoms with E-state index in [9.17, 15) is 4.79 Å². The van der Waals surface area contributed by atoms with Gasteiger partial charge in [-0.15, -0.1) is 0 Å². The molecule has 4 N–H and O–H groups in total. The van der Waals surface area contributed by atoms with Crippen LogP contribution in [0.2, 0.25) is 0 Å². The van der Waals surface area contributed by atoms with Crippen molar-refractivity contribution in [3.63, 3.8) is 0 Å². The normalized spacial score (nSPS) is 12.4. The summed E-state index contributed by atoms with van der Waals surface area (Å²) in [6, 6.07) is -0.436. The highest BCUT2D eigenvalue weighted by Crippen LogP contribution is 2.12. The van der Waals surface area contributed by atoms with Gasteiger partial charge in [-0.2, -0.15) is 0 Å². The zero-order valence-corrected chi connectivity index (χ0v) is 8.62. The van der Waals surface area contributed by atoms with Crippen LogP contribution in [-0.2, 0) is 4.79 Å². The van der Waals surface area contributed by atoms with E-state index in [2.05, 4.69) is 4.98 Å². The summed E-state index contributed by atoms with van der Waals surface area (Å²) in [5.41, 5.74) is 10.7. The van der Waals surface area contributed by atoms with Crippen LogP contribution in [0.5, 0.6) is 0 Å². The first-order chi connectivity index (χ1) is 6.57. The summed E-state index contributed by atoms with van der Waals surface area (Å²) >= 11 is 4.80. The molecule has 1 aromatic heterocycles. The van der Waals surface area contributed by atoms with Crippen molar-refractivity contribution >= 4 is 23.1 Å². The second-order valence-electron chi connectivity index (χ2n) is 2.85. The summed E-state index contributed by atoms with van der Waals surface area (Å²) in [4.78, 5) is 15.2. The standard InChI is InChI=1S/C8H12N4OS/c1-2-5(6(9)13)12-4-3-11-8(12)7(10)14/h3-5H,2H2,1H3,(H2,9,13)(H2,10,14). The third kappa shape index (κ3) is 1.90. The lowest BCUT2D eigenvalue weighted by molar-refractivity contribution is -0.121. The molecule has 6 heteroatoms. The molecule has 1 rings (SSSR count). The number of rotatable bonds is 4. The number of nitrogens with two attached hydrogens (primary N) is 2. The molecular formula is C8H12N4OS. The molecule has 0 fully saturated rings. The van der Waals surface area contributed by atoms with Gasteiger partial charge in [-0.05, 0) is 6.42 Å². The predicted molar refractivity (Wildman–Crippen MR) is 56.6 cm³/mol. The molecule has 1 amide bonds. The van der Waals surface area contributed by atoms with E-state index in [0.29, 0.717) is 12.2 Å². The molecule has 1 atom stereocenters. The summed E-state index contributed by atoms with van der Waals surface area (Å²) in [5.74, 6) is 0.00801. The van der Waals surface area contributed by atoms with Gasteiger partial charge in [0.05, 0.1) is 0 Å². The van der Waals surface area contributed by atoms with E-state index < -0.39 is 11.9 Å². The van der Waals surface area contributed by atoms with Gasteiger partial charge in [0.15, 0.2) is 5.82 Å². The zero-order valence-electron chi connectivity index (χ0n) is 7.80. The first kappa shape index (κ1) is 10.6. The van der Waals surface area contributed by atoms with Crippen LogP contribution >= 0.6 is 12.2 Å². The molecule has 0 aromatic carbocycles. The summed E-state index contributed by atoms with van der Waals surface area (Å²) in [6.07, 6.45) is 3.77. The number of primary amides is 1. The number of hydrogen-bond donors (Lipinski definition) is 2. The summed E-state index contributed by atoms with van der Waals surface area (Å²) in [6.45, 7) is 1.86. The van der Waals surface area contributed by atoms with Gasteiger partial charge in [0, 0.05) is 12.4 Å². The molecule has 1 unspecified atom stereocenters. The Morgan fingerprint density at radius 3 is 2.79 bits per heavy atom. The number of imidazole rings is 1. The minimum absolute atomic E-state index is 0.162.